The van der Waals surface area contributed by atoms with Crippen LogP contribution >= 0.6 is 11.6 Å². The van der Waals surface area contributed by atoms with Gasteiger partial charge >= 0.3 is 0 Å². The number of nitrogens with one attached hydrogen (secondary N) is 1. The van der Waals surface area contributed by atoms with Crippen molar-refractivity contribution >= 4 is 40.6 Å². The van der Waals surface area contributed by atoms with Crippen LogP contribution in [0.15, 0.2) is 29.3 Å². The molecule has 5 nitrogen and oxygen atoms in total. The second-order valence-corrected chi connectivity index (χ2v) is 4.68. The summed E-state index contributed by atoms with van der Waals surface area (Å²) in [7, 11) is 0. The van der Waals surface area contributed by atoms with Crippen molar-refractivity contribution in [2.75, 3.05) is 11.9 Å². The first-order valence-corrected chi connectivity index (χ1v) is 6.47. The lowest BCUT2D eigenvalue weighted by Gasteiger charge is -2.11. The molecule has 1 heterocycles. The smallest absolute Gasteiger partial charge is 0.273 e. The first-order chi connectivity index (χ1) is 9.45. The third kappa shape index (κ3) is 2.44. The van der Waals surface area contributed by atoms with E-state index >= 15 is 0 Å². The number of likely N-dealkylation sites (N-methyl/N-ethyl adjacent to an activating group) is 1. The summed E-state index contributed by atoms with van der Waals surface area (Å²) in [5, 5.41) is 2.56. The van der Waals surface area contributed by atoms with Crippen molar-refractivity contribution < 1.29 is 14.4 Å². The Morgan fingerprint density at radius 2 is 1.80 bits per heavy atom. The summed E-state index contributed by atoms with van der Waals surface area (Å²) >= 11 is 5.95. The molecular weight excluding hydrogens is 280 g/mol. The molecule has 6 heteroatoms. The van der Waals surface area contributed by atoms with Gasteiger partial charge in [0.15, 0.2) is 0 Å². The summed E-state index contributed by atoms with van der Waals surface area (Å²) in [5.74, 6) is -1.05. The number of imide groups is 1. The standard InChI is InChI=1S/C14H13ClN2O3/c1-3-17-13(19)11(12(15)14(17)20)9-4-6-10(7-5-9)16-8(2)18/h4-7H,3H2,1-2H3,(H,16,18). The number of hydrogen-bond acceptors (Lipinski definition) is 3. The number of carbonyl (C=O) groups excluding carboxylic acids is 3. The highest BCUT2D eigenvalue weighted by Gasteiger charge is 2.36. The number of benzene rings is 1. The molecule has 1 aliphatic rings. The Morgan fingerprint density at radius 1 is 1.20 bits per heavy atom. The van der Waals surface area contributed by atoms with Crippen molar-refractivity contribution in [2.24, 2.45) is 0 Å². The minimum absolute atomic E-state index is 0.0656. The van der Waals surface area contributed by atoms with E-state index in [9.17, 15) is 14.4 Å². The lowest BCUT2D eigenvalue weighted by molar-refractivity contribution is -0.136. The number of rotatable bonds is 3. The Balaban J connectivity index is 2.34. The van der Waals surface area contributed by atoms with E-state index < -0.39 is 11.8 Å². The normalized spacial score (nSPS) is 15.1. The molecule has 1 aliphatic heterocycles. The molecule has 0 spiro atoms. The summed E-state index contributed by atoms with van der Waals surface area (Å²) in [4.78, 5) is 35.9. The Bertz CT molecular complexity index is 620. The summed E-state index contributed by atoms with van der Waals surface area (Å²) in [5.41, 5.74) is 1.37. The van der Waals surface area contributed by atoms with Gasteiger partial charge in [-0.3, -0.25) is 19.3 Å². The van der Waals surface area contributed by atoms with Crippen molar-refractivity contribution in [1.82, 2.24) is 4.90 Å². The number of amides is 3. The third-order valence-corrected chi connectivity index (χ3v) is 3.27. The Morgan fingerprint density at radius 3 is 2.25 bits per heavy atom. The van der Waals surface area contributed by atoms with Gasteiger partial charge in [0, 0.05) is 19.2 Å². The summed E-state index contributed by atoms with van der Waals surface area (Å²) in [6, 6.07) is 6.60. The fourth-order valence-electron chi connectivity index (χ4n) is 2.01. The van der Waals surface area contributed by atoms with Crippen molar-refractivity contribution in [2.45, 2.75) is 13.8 Å². The van der Waals surface area contributed by atoms with Gasteiger partial charge in [-0.15, -0.1) is 0 Å². The number of hydrogen-bond donors (Lipinski definition) is 1. The molecule has 104 valence electrons. The average Bonchev–Trinajstić information content (AvgIpc) is 2.61. The molecule has 2 rings (SSSR count). The first kappa shape index (κ1) is 14.3. The van der Waals surface area contributed by atoms with Gasteiger partial charge in [-0.1, -0.05) is 23.7 Å². The van der Waals surface area contributed by atoms with Crippen LogP contribution in [0.2, 0.25) is 0 Å². The molecule has 3 amide bonds. The molecule has 1 N–H and O–H groups in total. The monoisotopic (exact) mass is 292 g/mol. The minimum Gasteiger partial charge on any atom is -0.326 e. The Labute approximate surface area is 121 Å². The van der Waals surface area contributed by atoms with E-state index in [0.717, 1.165) is 4.90 Å². The largest absolute Gasteiger partial charge is 0.326 e. The van der Waals surface area contributed by atoms with Crippen LogP contribution in [0.25, 0.3) is 5.57 Å². The summed E-state index contributed by atoms with van der Waals surface area (Å²) in [6.45, 7) is 3.40. The highest BCUT2D eigenvalue weighted by molar-refractivity contribution is 6.55. The molecule has 1 aromatic carbocycles. The molecule has 0 aliphatic carbocycles. The number of nitrogens with zero attached hydrogens (tertiary/aromatic N) is 1. The summed E-state index contributed by atoms with van der Waals surface area (Å²) < 4.78 is 0. The molecule has 0 saturated carbocycles. The Hall–Kier alpha value is -2.14. The number of anilines is 1. The molecule has 1 aromatic rings. The van der Waals surface area contributed by atoms with E-state index in [1.807, 2.05) is 0 Å². The quantitative estimate of drug-likeness (QED) is 0.866. The van der Waals surface area contributed by atoms with Crippen LogP contribution in [-0.4, -0.2) is 29.2 Å². The van der Waals surface area contributed by atoms with Gasteiger partial charge in [0.25, 0.3) is 11.8 Å². The highest BCUT2D eigenvalue weighted by Crippen LogP contribution is 2.31. The minimum atomic E-state index is -0.472. The molecule has 0 bridgehead atoms. The number of carbonyl (C=O) groups is 3. The zero-order valence-corrected chi connectivity index (χ0v) is 11.8. The van der Waals surface area contributed by atoms with E-state index in [2.05, 4.69) is 5.32 Å². The lowest BCUT2D eigenvalue weighted by atomic mass is 10.1. The van der Waals surface area contributed by atoms with Crippen LogP contribution in [0, 0.1) is 0 Å². The van der Waals surface area contributed by atoms with E-state index in [1.54, 1.807) is 31.2 Å². The lowest BCUT2D eigenvalue weighted by Crippen LogP contribution is -2.30. The van der Waals surface area contributed by atoms with Crippen LogP contribution in [-0.2, 0) is 14.4 Å². The van der Waals surface area contributed by atoms with Crippen LogP contribution in [0.1, 0.15) is 19.4 Å². The van der Waals surface area contributed by atoms with Crippen molar-refractivity contribution in [1.29, 1.82) is 0 Å². The zero-order chi connectivity index (χ0) is 14.9. The SMILES string of the molecule is CCN1C(=O)C(Cl)=C(c2ccc(NC(C)=O)cc2)C1=O. The second kappa shape index (κ2) is 5.46. The molecule has 0 unspecified atom stereocenters. The van der Waals surface area contributed by atoms with Gasteiger partial charge in [0.05, 0.1) is 5.57 Å². The molecule has 0 fully saturated rings. The van der Waals surface area contributed by atoms with Gasteiger partial charge in [-0.2, -0.15) is 0 Å². The average molecular weight is 293 g/mol. The molecule has 0 radical (unpaired) electrons. The third-order valence-electron chi connectivity index (χ3n) is 2.92. The molecule has 20 heavy (non-hydrogen) atoms. The summed E-state index contributed by atoms with van der Waals surface area (Å²) in [6.07, 6.45) is 0. The zero-order valence-electron chi connectivity index (χ0n) is 11.1. The highest BCUT2D eigenvalue weighted by atomic mass is 35.5. The number of halogens is 1. The second-order valence-electron chi connectivity index (χ2n) is 4.30. The Kier molecular flexibility index (Phi) is 3.90. The predicted molar refractivity (Wildman–Crippen MR) is 75.9 cm³/mol. The first-order valence-electron chi connectivity index (χ1n) is 6.09. The van der Waals surface area contributed by atoms with E-state index in [-0.39, 0.29) is 23.1 Å². The molecular formula is C14H13ClN2O3. The van der Waals surface area contributed by atoms with Gasteiger partial charge in [-0.05, 0) is 24.6 Å². The van der Waals surface area contributed by atoms with Crippen molar-refractivity contribution in [3.05, 3.63) is 34.9 Å². The van der Waals surface area contributed by atoms with Gasteiger partial charge < -0.3 is 5.32 Å². The maximum absolute atomic E-state index is 12.1. The van der Waals surface area contributed by atoms with Crippen LogP contribution in [0.5, 0.6) is 0 Å². The van der Waals surface area contributed by atoms with Crippen molar-refractivity contribution in [3.8, 4) is 0 Å². The van der Waals surface area contributed by atoms with Crippen LogP contribution in [0.4, 0.5) is 5.69 Å². The molecule has 0 atom stereocenters. The predicted octanol–water partition coefficient (Wildman–Crippen LogP) is 1.98. The van der Waals surface area contributed by atoms with E-state index in [4.69, 9.17) is 11.6 Å². The van der Waals surface area contributed by atoms with Crippen LogP contribution in [0.3, 0.4) is 0 Å². The molecule has 0 aromatic heterocycles. The fourth-order valence-corrected chi connectivity index (χ4v) is 2.30. The topological polar surface area (TPSA) is 66.5 Å². The fraction of sp³-hybridized carbons (Fsp3) is 0.214. The molecule has 0 saturated heterocycles. The van der Waals surface area contributed by atoms with Crippen molar-refractivity contribution in [3.63, 3.8) is 0 Å². The maximum Gasteiger partial charge on any atom is 0.273 e. The van der Waals surface area contributed by atoms with E-state index in [0.29, 0.717) is 11.3 Å². The van der Waals surface area contributed by atoms with Gasteiger partial charge in [-0.25, -0.2) is 0 Å². The van der Waals surface area contributed by atoms with Gasteiger partial charge in [0.2, 0.25) is 5.91 Å². The van der Waals surface area contributed by atoms with Gasteiger partial charge in [0.1, 0.15) is 5.03 Å². The maximum atomic E-state index is 12.1. The van der Waals surface area contributed by atoms with E-state index in [1.165, 1.54) is 6.92 Å². The van der Waals surface area contributed by atoms with Crippen LogP contribution < -0.4 is 5.32 Å².